The second kappa shape index (κ2) is 2.86. The number of fused-ring (bicyclic) bond motifs is 1. The molecule has 0 aromatic heterocycles. The smallest absolute Gasteiger partial charge is 0.133 e. The van der Waals surface area contributed by atoms with E-state index in [-0.39, 0.29) is 0 Å². The third kappa shape index (κ3) is 1.30. The van der Waals surface area contributed by atoms with Gasteiger partial charge in [0.15, 0.2) is 0 Å². The van der Waals surface area contributed by atoms with E-state index in [4.69, 9.17) is 0 Å². The SMILES string of the molecule is C[C@]12CCCC[C@H]1CCC(=O)C2. The van der Waals surface area contributed by atoms with E-state index in [1.807, 2.05) is 0 Å². The van der Waals surface area contributed by atoms with Crippen LogP contribution in [0.3, 0.4) is 0 Å². The molecule has 0 saturated heterocycles. The molecular weight excluding hydrogens is 148 g/mol. The van der Waals surface area contributed by atoms with E-state index in [0.717, 1.165) is 18.8 Å². The molecule has 2 fully saturated rings. The van der Waals surface area contributed by atoms with Crippen LogP contribution in [0.25, 0.3) is 0 Å². The zero-order valence-electron chi connectivity index (χ0n) is 7.94. The Bertz CT molecular complexity index is 197. The van der Waals surface area contributed by atoms with Gasteiger partial charge < -0.3 is 0 Å². The monoisotopic (exact) mass is 166 g/mol. The molecule has 0 unspecified atom stereocenters. The number of hydrogen-bond acceptors (Lipinski definition) is 1. The Kier molecular flexibility index (Phi) is 1.97. The van der Waals surface area contributed by atoms with Crippen molar-refractivity contribution in [3.05, 3.63) is 0 Å². The molecule has 0 bridgehead atoms. The summed E-state index contributed by atoms with van der Waals surface area (Å²) in [5.41, 5.74) is 0.396. The minimum Gasteiger partial charge on any atom is -0.300 e. The highest BCUT2D eigenvalue weighted by atomic mass is 16.1. The quantitative estimate of drug-likeness (QED) is 0.540. The van der Waals surface area contributed by atoms with Crippen molar-refractivity contribution in [2.45, 2.75) is 51.9 Å². The Balaban J connectivity index is 2.12. The largest absolute Gasteiger partial charge is 0.300 e. The van der Waals surface area contributed by atoms with Gasteiger partial charge in [-0.2, -0.15) is 0 Å². The van der Waals surface area contributed by atoms with Crippen molar-refractivity contribution in [3.63, 3.8) is 0 Å². The summed E-state index contributed by atoms with van der Waals surface area (Å²) in [6, 6.07) is 0. The first-order valence-corrected chi connectivity index (χ1v) is 5.22. The second-order valence-corrected chi connectivity index (χ2v) is 4.85. The highest BCUT2D eigenvalue weighted by Crippen LogP contribution is 2.48. The summed E-state index contributed by atoms with van der Waals surface area (Å²) in [6.45, 7) is 2.33. The molecule has 0 radical (unpaired) electrons. The van der Waals surface area contributed by atoms with Crippen molar-refractivity contribution in [1.82, 2.24) is 0 Å². The van der Waals surface area contributed by atoms with E-state index >= 15 is 0 Å². The minimum absolute atomic E-state index is 0.396. The molecule has 1 heteroatoms. The first kappa shape index (κ1) is 8.28. The molecule has 0 aliphatic heterocycles. The maximum absolute atomic E-state index is 11.3. The lowest BCUT2D eigenvalue weighted by Gasteiger charge is -2.44. The molecule has 1 nitrogen and oxygen atoms in total. The fourth-order valence-electron chi connectivity index (χ4n) is 3.07. The van der Waals surface area contributed by atoms with Crippen LogP contribution >= 0.6 is 0 Å². The van der Waals surface area contributed by atoms with Gasteiger partial charge in [-0.05, 0) is 30.6 Å². The summed E-state index contributed by atoms with van der Waals surface area (Å²) in [5.74, 6) is 1.37. The Morgan fingerprint density at radius 1 is 1.33 bits per heavy atom. The van der Waals surface area contributed by atoms with Crippen LogP contribution in [0.1, 0.15) is 51.9 Å². The molecule has 2 saturated carbocycles. The normalized spacial score (nSPS) is 42.4. The number of hydrogen-bond donors (Lipinski definition) is 0. The third-order valence-corrected chi connectivity index (χ3v) is 3.91. The van der Waals surface area contributed by atoms with Gasteiger partial charge in [0.2, 0.25) is 0 Å². The van der Waals surface area contributed by atoms with Crippen molar-refractivity contribution in [2.75, 3.05) is 0 Å². The van der Waals surface area contributed by atoms with Gasteiger partial charge in [0.25, 0.3) is 0 Å². The molecular formula is C11H18O. The second-order valence-electron chi connectivity index (χ2n) is 4.85. The summed E-state index contributed by atoms with van der Waals surface area (Å²) in [7, 11) is 0. The van der Waals surface area contributed by atoms with Crippen LogP contribution in [0.4, 0.5) is 0 Å². The first-order valence-electron chi connectivity index (χ1n) is 5.22. The predicted octanol–water partition coefficient (Wildman–Crippen LogP) is 2.94. The molecule has 0 N–H and O–H groups in total. The Morgan fingerprint density at radius 2 is 2.17 bits per heavy atom. The maximum atomic E-state index is 11.3. The van der Waals surface area contributed by atoms with E-state index in [9.17, 15) is 4.79 Å². The molecule has 0 aromatic rings. The summed E-state index contributed by atoms with van der Waals surface area (Å²) in [4.78, 5) is 11.3. The van der Waals surface area contributed by atoms with E-state index < -0.39 is 0 Å². The van der Waals surface area contributed by atoms with Gasteiger partial charge in [0, 0.05) is 12.8 Å². The van der Waals surface area contributed by atoms with E-state index in [1.165, 1.54) is 32.1 Å². The summed E-state index contributed by atoms with van der Waals surface area (Å²) in [5, 5.41) is 0. The van der Waals surface area contributed by atoms with E-state index in [2.05, 4.69) is 6.92 Å². The first-order chi connectivity index (χ1) is 5.71. The third-order valence-electron chi connectivity index (χ3n) is 3.91. The van der Waals surface area contributed by atoms with E-state index in [0.29, 0.717) is 11.2 Å². The van der Waals surface area contributed by atoms with Crippen LogP contribution in [-0.2, 0) is 4.79 Å². The van der Waals surface area contributed by atoms with Gasteiger partial charge >= 0.3 is 0 Å². The summed E-state index contributed by atoms with van der Waals surface area (Å²) >= 11 is 0. The number of rotatable bonds is 0. The van der Waals surface area contributed by atoms with Gasteiger partial charge in [0.1, 0.15) is 5.78 Å². The predicted molar refractivity (Wildman–Crippen MR) is 48.9 cm³/mol. The average molecular weight is 166 g/mol. The van der Waals surface area contributed by atoms with Crippen LogP contribution < -0.4 is 0 Å². The van der Waals surface area contributed by atoms with E-state index in [1.54, 1.807) is 0 Å². The molecule has 0 aromatic carbocycles. The standard InChI is InChI=1S/C11H18O/c1-11-7-3-2-4-9(11)5-6-10(12)8-11/h9H,2-8H2,1H3/t9-,11+/m0/s1. The van der Waals surface area contributed by atoms with Gasteiger partial charge in [-0.3, -0.25) is 4.79 Å². The van der Waals surface area contributed by atoms with Gasteiger partial charge in [-0.25, -0.2) is 0 Å². The molecule has 12 heavy (non-hydrogen) atoms. The fourth-order valence-corrected chi connectivity index (χ4v) is 3.07. The lowest BCUT2D eigenvalue weighted by Crippen LogP contribution is -2.37. The fraction of sp³-hybridized carbons (Fsp3) is 0.909. The van der Waals surface area contributed by atoms with Crippen LogP contribution in [-0.4, -0.2) is 5.78 Å². The lowest BCUT2D eigenvalue weighted by molar-refractivity contribution is -0.126. The highest BCUT2D eigenvalue weighted by Gasteiger charge is 2.40. The molecule has 2 atom stereocenters. The summed E-state index contributed by atoms with van der Waals surface area (Å²) < 4.78 is 0. The van der Waals surface area contributed by atoms with Gasteiger partial charge in [0.05, 0.1) is 0 Å². The minimum atomic E-state index is 0.396. The number of Topliss-reactive ketones (excluding diaryl/α,β-unsaturated/α-hetero) is 1. The number of carbonyl (C=O) groups excluding carboxylic acids is 1. The lowest BCUT2D eigenvalue weighted by atomic mass is 9.60. The van der Waals surface area contributed by atoms with Crippen molar-refractivity contribution in [2.24, 2.45) is 11.3 Å². The Labute approximate surface area is 74.5 Å². The van der Waals surface area contributed by atoms with Crippen molar-refractivity contribution in [3.8, 4) is 0 Å². The highest BCUT2D eigenvalue weighted by molar-refractivity contribution is 5.80. The van der Waals surface area contributed by atoms with Crippen molar-refractivity contribution in [1.29, 1.82) is 0 Å². The van der Waals surface area contributed by atoms with Crippen molar-refractivity contribution < 1.29 is 4.79 Å². The molecule has 0 amide bonds. The zero-order valence-corrected chi connectivity index (χ0v) is 7.94. The molecule has 2 aliphatic rings. The summed E-state index contributed by atoms with van der Waals surface area (Å²) in [6.07, 6.45) is 8.33. The topological polar surface area (TPSA) is 17.1 Å². The van der Waals surface area contributed by atoms with Gasteiger partial charge in [-0.15, -0.1) is 0 Å². The molecule has 2 aliphatic carbocycles. The number of carbonyl (C=O) groups is 1. The van der Waals surface area contributed by atoms with Crippen molar-refractivity contribution >= 4 is 5.78 Å². The zero-order chi connectivity index (χ0) is 8.60. The molecule has 2 rings (SSSR count). The van der Waals surface area contributed by atoms with Crippen LogP contribution in [0.2, 0.25) is 0 Å². The van der Waals surface area contributed by atoms with Crippen LogP contribution in [0, 0.1) is 11.3 Å². The average Bonchev–Trinajstić information content (AvgIpc) is 2.02. The molecule has 0 heterocycles. The maximum Gasteiger partial charge on any atom is 0.133 e. The van der Waals surface area contributed by atoms with Crippen LogP contribution in [0.5, 0.6) is 0 Å². The number of ketones is 1. The Hall–Kier alpha value is -0.330. The van der Waals surface area contributed by atoms with Crippen LogP contribution in [0.15, 0.2) is 0 Å². The van der Waals surface area contributed by atoms with Gasteiger partial charge in [-0.1, -0.05) is 19.8 Å². The molecule has 68 valence electrons. The Morgan fingerprint density at radius 3 is 3.00 bits per heavy atom. The molecule has 0 spiro atoms.